The van der Waals surface area contributed by atoms with Crippen molar-refractivity contribution in [2.75, 3.05) is 19.8 Å². The second-order valence-electron chi connectivity index (χ2n) is 12.8. The van der Waals surface area contributed by atoms with Crippen LogP contribution in [0.15, 0.2) is 24.3 Å². The SMILES string of the molecule is CCCCCCCCC1COC2(CC(C)(CC)N(OC(C)c3ccc(OCC4CO4)cc3)C(C)(CC)C2C)O1. The first-order valence-corrected chi connectivity index (χ1v) is 15.8. The summed E-state index contributed by atoms with van der Waals surface area (Å²) in [6.45, 7) is 18.1. The number of epoxide rings is 1. The van der Waals surface area contributed by atoms with Crippen molar-refractivity contribution in [3.05, 3.63) is 29.8 Å². The fourth-order valence-corrected chi connectivity index (χ4v) is 6.59. The predicted molar refractivity (Wildman–Crippen MR) is 156 cm³/mol. The van der Waals surface area contributed by atoms with Crippen molar-refractivity contribution in [1.82, 2.24) is 5.06 Å². The molecule has 0 N–H and O–H groups in total. The van der Waals surface area contributed by atoms with Gasteiger partial charge in [0, 0.05) is 17.9 Å². The van der Waals surface area contributed by atoms with Gasteiger partial charge < -0.3 is 18.9 Å². The summed E-state index contributed by atoms with van der Waals surface area (Å²) < 4.78 is 24.6. The van der Waals surface area contributed by atoms with Gasteiger partial charge >= 0.3 is 0 Å². The Balaban J connectivity index is 1.42. The number of unbranched alkanes of at least 4 members (excludes halogenated alkanes) is 5. The zero-order valence-corrected chi connectivity index (χ0v) is 25.8. The molecule has 3 aliphatic heterocycles. The summed E-state index contributed by atoms with van der Waals surface area (Å²) in [5.41, 5.74) is 0.690. The average Bonchev–Trinajstić information content (AvgIpc) is 3.70. The third-order valence-electron chi connectivity index (χ3n) is 9.86. The Labute approximate surface area is 238 Å². The molecule has 0 bridgehead atoms. The highest BCUT2D eigenvalue weighted by Gasteiger charge is 2.64. The van der Waals surface area contributed by atoms with Gasteiger partial charge in [0.15, 0.2) is 5.79 Å². The number of ether oxygens (including phenoxy) is 4. The van der Waals surface area contributed by atoms with E-state index in [0.29, 0.717) is 13.2 Å². The third-order valence-corrected chi connectivity index (χ3v) is 9.86. The quantitative estimate of drug-likeness (QED) is 0.164. The van der Waals surface area contributed by atoms with E-state index in [1.165, 1.54) is 38.5 Å². The van der Waals surface area contributed by atoms with Gasteiger partial charge in [-0.3, -0.25) is 4.84 Å². The molecule has 0 aliphatic carbocycles. The Morgan fingerprint density at radius 1 is 0.949 bits per heavy atom. The van der Waals surface area contributed by atoms with Gasteiger partial charge in [-0.15, -0.1) is 0 Å². The topological polar surface area (TPSA) is 52.7 Å². The van der Waals surface area contributed by atoms with Crippen LogP contribution in [0.3, 0.4) is 0 Å². The van der Waals surface area contributed by atoms with E-state index in [9.17, 15) is 0 Å². The second kappa shape index (κ2) is 13.2. The van der Waals surface area contributed by atoms with Gasteiger partial charge in [-0.05, 0) is 57.7 Å². The molecule has 0 amide bonds. The Morgan fingerprint density at radius 3 is 2.28 bits per heavy atom. The number of hydrogen-bond acceptors (Lipinski definition) is 6. The maximum Gasteiger partial charge on any atom is 0.175 e. The minimum atomic E-state index is -0.560. The van der Waals surface area contributed by atoms with E-state index in [-0.39, 0.29) is 35.3 Å². The smallest absolute Gasteiger partial charge is 0.175 e. The van der Waals surface area contributed by atoms with E-state index < -0.39 is 5.79 Å². The largest absolute Gasteiger partial charge is 0.491 e. The zero-order chi connectivity index (χ0) is 28.1. The highest BCUT2D eigenvalue weighted by Crippen LogP contribution is 2.55. The van der Waals surface area contributed by atoms with Crippen molar-refractivity contribution in [1.29, 1.82) is 0 Å². The monoisotopic (exact) mass is 545 g/mol. The Kier molecular flexibility index (Phi) is 10.4. The molecule has 7 unspecified atom stereocenters. The average molecular weight is 546 g/mol. The number of benzene rings is 1. The fraction of sp³-hybridized carbons (Fsp3) is 0.818. The van der Waals surface area contributed by atoms with Gasteiger partial charge in [-0.2, -0.15) is 5.06 Å². The number of hydrogen-bond donors (Lipinski definition) is 0. The molecule has 1 spiro atoms. The number of piperidine rings is 1. The molecule has 222 valence electrons. The number of rotatable bonds is 15. The molecule has 3 heterocycles. The lowest BCUT2D eigenvalue weighted by Gasteiger charge is -2.62. The van der Waals surface area contributed by atoms with Crippen LogP contribution in [-0.4, -0.2) is 54.0 Å². The van der Waals surface area contributed by atoms with Crippen molar-refractivity contribution < 1.29 is 23.8 Å². The fourth-order valence-electron chi connectivity index (χ4n) is 6.59. The zero-order valence-electron chi connectivity index (χ0n) is 25.8. The molecule has 6 nitrogen and oxygen atoms in total. The van der Waals surface area contributed by atoms with Gasteiger partial charge in [0.1, 0.15) is 24.6 Å². The summed E-state index contributed by atoms with van der Waals surface area (Å²) >= 11 is 0. The molecule has 3 saturated heterocycles. The summed E-state index contributed by atoms with van der Waals surface area (Å²) in [5, 5.41) is 2.32. The van der Waals surface area contributed by atoms with Crippen LogP contribution in [0, 0.1) is 5.92 Å². The molecule has 1 aromatic carbocycles. The van der Waals surface area contributed by atoms with Crippen LogP contribution in [0.1, 0.15) is 124 Å². The predicted octanol–water partition coefficient (Wildman–Crippen LogP) is 8.00. The van der Waals surface area contributed by atoms with Crippen molar-refractivity contribution in [2.45, 2.75) is 148 Å². The molecule has 6 heteroatoms. The highest BCUT2D eigenvalue weighted by atomic mass is 16.8. The van der Waals surface area contributed by atoms with Gasteiger partial charge in [0.05, 0.1) is 24.9 Å². The van der Waals surface area contributed by atoms with E-state index in [1.54, 1.807) is 0 Å². The molecule has 0 aromatic heterocycles. The van der Waals surface area contributed by atoms with E-state index in [0.717, 1.165) is 43.6 Å². The van der Waals surface area contributed by atoms with Crippen LogP contribution >= 0.6 is 0 Å². The van der Waals surface area contributed by atoms with Crippen LogP contribution in [0.5, 0.6) is 5.75 Å². The number of nitrogens with zero attached hydrogens (tertiary/aromatic N) is 1. The van der Waals surface area contributed by atoms with Gasteiger partial charge in [0.2, 0.25) is 0 Å². The molecule has 1 aromatic rings. The van der Waals surface area contributed by atoms with Crippen LogP contribution in [0.25, 0.3) is 0 Å². The van der Waals surface area contributed by atoms with Crippen LogP contribution in [0.4, 0.5) is 0 Å². The third kappa shape index (κ3) is 7.01. The highest BCUT2D eigenvalue weighted by molar-refractivity contribution is 5.28. The Morgan fingerprint density at radius 2 is 1.64 bits per heavy atom. The van der Waals surface area contributed by atoms with Crippen molar-refractivity contribution >= 4 is 0 Å². The maximum absolute atomic E-state index is 6.91. The first-order valence-electron chi connectivity index (χ1n) is 15.8. The molecule has 3 fully saturated rings. The summed E-state index contributed by atoms with van der Waals surface area (Å²) in [4.78, 5) is 6.91. The van der Waals surface area contributed by atoms with E-state index >= 15 is 0 Å². The molecule has 0 saturated carbocycles. The van der Waals surface area contributed by atoms with Crippen molar-refractivity contribution in [2.24, 2.45) is 5.92 Å². The molecule has 39 heavy (non-hydrogen) atoms. The minimum Gasteiger partial charge on any atom is -0.491 e. The summed E-state index contributed by atoms with van der Waals surface area (Å²) in [6, 6.07) is 8.30. The summed E-state index contributed by atoms with van der Waals surface area (Å²) in [5.74, 6) is 0.477. The van der Waals surface area contributed by atoms with Gasteiger partial charge in [-0.25, -0.2) is 0 Å². The van der Waals surface area contributed by atoms with Gasteiger partial charge in [-0.1, -0.05) is 78.4 Å². The standard InChI is InChI=1S/C33H55NO5/c1-8-11-12-13-14-15-16-29-23-37-33(38-29)24-31(6,9-2)34(32(7,10-3)26(33)5)39-25(4)27-17-19-28(20-18-27)35-21-30-22-36-30/h17-20,25-26,29-30H,8-16,21-24H2,1-7H3. The van der Waals surface area contributed by atoms with Crippen molar-refractivity contribution in [3.63, 3.8) is 0 Å². The Bertz CT molecular complexity index is 891. The van der Waals surface area contributed by atoms with Crippen molar-refractivity contribution in [3.8, 4) is 5.75 Å². The first-order chi connectivity index (χ1) is 18.7. The molecule has 7 atom stereocenters. The van der Waals surface area contributed by atoms with Crippen LogP contribution < -0.4 is 4.74 Å². The lowest BCUT2D eigenvalue weighted by atomic mass is 9.67. The molecular formula is C33H55NO5. The lowest BCUT2D eigenvalue weighted by molar-refractivity contribution is -0.380. The van der Waals surface area contributed by atoms with Gasteiger partial charge in [0.25, 0.3) is 0 Å². The second-order valence-corrected chi connectivity index (χ2v) is 12.8. The van der Waals surface area contributed by atoms with E-state index in [4.69, 9.17) is 23.8 Å². The molecule has 4 rings (SSSR count). The van der Waals surface area contributed by atoms with E-state index in [2.05, 4.69) is 65.7 Å². The lowest BCUT2D eigenvalue weighted by Crippen LogP contribution is -2.71. The molecule has 0 radical (unpaired) electrons. The molecule has 3 aliphatic rings. The maximum atomic E-state index is 6.91. The minimum absolute atomic E-state index is 0.0883. The number of hydroxylamine groups is 2. The van der Waals surface area contributed by atoms with Crippen LogP contribution in [-0.2, 0) is 19.0 Å². The first kappa shape index (κ1) is 30.8. The van der Waals surface area contributed by atoms with E-state index in [1.807, 2.05) is 12.1 Å². The summed E-state index contributed by atoms with van der Waals surface area (Å²) in [6.07, 6.45) is 12.0. The normalized spacial score (nSPS) is 35.4. The summed E-state index contributed by atoms with van der Waals surface area (Å²) in [7, 11) is 0. The molecular weight excluding hydrogens is 490 g/mol. The Hall–Kier alpha value is -1.18. The van der Waals surface area contributed by atoms with Crippen LogP contribution in [0.2, 0.25) is 0 Å².